The molecule has 0 N–H and O–H groups in total. The summed E-state index contributed by atoms with van der Waals surface area (Å²) in [4.78, 5) is 1.08. The van der Waals surface area contributed by atoms with E-state index in [1.54, 1.807) is 23.5 Å². The van der Waals surface area contributed by atoms with E-state index in [9.17, 15) is 0 Å². The SMILES string of the molecule is CC(C)CCOc1ccc(OCCC(C)C)c(/C([S-])=C(/[S-])c2cc(OCCC(C)C)ccc2OCCC(C)C)c1.CC(C)S/C([S-])=C(/[S-])SC(C)C.[Ni]. The quantitative estimate of drug-likeness (QED) is 0.0648. The van der Waals surface area contributed by atoms with Crippen molar-refractivity contribution in [1.29, 1.82) is 0 Å². The summed E-state index contributed by atoms with van der Waals surface area (Å²) >= 11 is 25.8. The first-order valence-electron chi connectivity index (χ1n) is 18.7. The first kappa shape index (κ1) is 52.2. The van der Waals surface area contributed by atoms with E-state index in [4.69, 9.17) is 69.5 Å². The molecule has 0 radical (unpaired) electrons. The fourth-order valence-electron chi connectivity index (χ4n) is 4.21. The molecule has 2 aromatic rings. The zero-order chi connectivity index (χ0) is 39.4. The summed E-state index contributed by atoms with van der Waals surface area (Å²) in [6.45, 7) is 28.5. The Morgan fingerprint density at radius 3 is 1.02 bits per heavy atom. The summed E-state index contributed by atoms with van der Waals surface area (Å²) in [5.41, 5.74) is 1.54. The van der Waals surface area contributed by atoms with E-state index in [-0.39, 0.29) is 16.5 Å². The van der Waals surface area contributed by atoms with Crippen LogP contribution in [-0.4, -0.2) is 36.9 Å². The molecule has 11 heteroatoms. The predicted octanol–water partition coefficient (Wildman–Crippen LogP) is 12.8. The van der Waals surface area contributed by atoms with Crippen LogP contribution in [0.2, 0.25) is 0 Å². The van der Waals surface area contributed by atoms with Crippen molar-refractivity contribution in [2.45, 2.75) is 119 Å². The van der Waals surface area contributed by atoms with E-state index in [0.29, 0.717) is 70.4 Å². The average molecular weight is 884 g/mol. The molecule has 4 nitrogen and oxygen atoms in total. The topological polar surface area (TPSA) is 36.9 Å². The maximum atomic E-state index is 6.21. The molecule has 0 aromatic heterocycles. The van der Waals surface area contributed by atoms with Gasteiger partial charge in [-0.15, -0.1) is 0 Å². The van der Waals surface area contributed by atoms with Crippen LogP contribution in [0.5, 0.6) is 23.0 Å². The molecule has 0 saturated heterocycles. The van der Waals surface area contributed by atoms with Crippen molar-refractivity contribution in [2.75, 3.05) is 26.4 Å². The van der Waals surface area contributed by atoms with Crippen molar-refractivity contribution in [3.8, 4) is 23.0 Å². The standard InChI is InChI=1S/C34H52O4S2.C8H16S4.Ni/c1-23(2)13-17-35-27-9-11-31(37-19-15-25(5)6)29(21-27)33(39)34(40)30-22-28(36-18-14-24(3)4)10-12-32(30)38-20-16-26(7)8;1-5(2)11-7(9)8(10)12-6(3)4;/h9-12,21-26,39-40H,13-20H2,1-8H3;5-6,9-10H,1-4H3;/p-4/b34-33-;8-7-;. The molecule has 2 aromatic carbocycles. The van der Waals surface area contributed by atoms with Gasteiger partial charge < -0.3 is 69.5 Å². The normalized spacial score (nSPS) is 12.4. The van der Waals surface area contributed by atoms with Gasteiger partial charge in [0, 0.05) is 27.0 Å². The Kier molecular flexibility index (Phi) is 28.1. The average Bonchev–Trinajstić information content (AvgIpc) is 3.04. The molecule has 0 aliphatic rings. The summed E-state index contributed by atoms with van der Waals surface area (Å²) in [7, 11) is 0. The number of hydrogen-bond donors (Lipinski definition) is 0. The zero-order valence-corrected chi connectivity index (χ0v) is 39.9. The minimum atomic E-state index is 0. The van der Waals surface area contributed by atoms with Gasteiger partial charge in [-0.3, -0.25) is 0 Å². The Balaban J connectivity index is 0.00000178. The summed E-state index contributed by atoms with van der Waals surface area (Å²) in [5, 5.41) is 1.06. The third-order valence-corrected chi connectivity index (χ3v) is 11.5. The molecule has 2 rings (SSSR count). The van der Waals surface area contributed by atoms with Gasteiger partial charge >= 0.3 is 0 Å². The molecule has 0 saturated carbocycles. The van der Waals surface area contributed by atoms with Crippen LogP contribution in [-0.2, 0) is 67.0 Å². The van der Waals surface area contributed by atoms with Gasteiger partial charge in [-0.1, -0.05) is 83.1 Å². The van der Waals surface area contributed by atoms with Gasteiger partial charge in [0.2, 0.25) is 0 Å². The molecule has 0 atom stereocenters. The molecule has 53 heavy (non-hydrogen) atoms. The van der Waals surface area contributed by atoms with Crippen LogP contribution in [0.4, 0.5) is 0 Å². The molecule has 0 bridgehead atoms. The maximum absolute atomic E-state index is 6.21. The van der Waals surface area contributed by atoms with Gasteiger partial charge in [0.15, 0.2) is 0 Å². The van der Waals surface area contributed by atoms with Crippen LogP contribution in [0.1, 0.15) is 120 Å². The minimum absolute atomic E-state index is 0. The van der Waals surface area contributed by atoms with Crippen molar-refractivity contribution in [3.05, 3.63) is 56.0 Å². The minimum Gasteiger partial charge on any atom is -0.780 e. The number of thioether (sulfide) groups is 2. The van der Waals surface area contributed by atoms with Gasteiger partial charge in [0.25, 0.3) is 0 Å². The monoisotopic (exact) mass is 882 g/mol. The smallest absolute Gasteiger partial charge is 0.125 e. The molecule has 0 amide bonds. The first-order chi connectivity index (χ1) is 24.4. The first-order valence-corrected chi connectivity index (χ1v) is 22.1. The van der Waals surface area contributed by atoms with Crippen LogP contribution in [0.3, 0.4) is 0 Å². The van der Waals surface area contributed by atoms with Crippen LogP contribution >= 0.6 is 23.5 Å². The molecule has 306 valence electrons. The number of hydrogen-bond acceptors (Lipinski definition) is 10. The van der Waals surface area contributed by atoms with E-state index < -0.39 is 0 Å². The third kappa shape index (κ3) is 23.1. The second-order valence-corrected chi connectivity index (χ2v) is 20.3. The van der Waals surface area contributed by atoms with Gasteiger partial charge in [-0.2, -0.15) is 41.8 Å². The maximum Gasteiger partial charge on any atom is 0.125 e. The molecular weight excluding hydrogens is 820 g/mol. The second kappa shape index (κ2) is 28.6. The van der Waals surface area contributed by atoms with Crippen molar-refractivity contribution >= 4 is 83.8 Å². The molecule has 0 spiro atoms. The number of benzene rings is 2. The van der Waals surface area contributed by atoms with Crippen LogP contribution < -0.4 is 18.9 Å². The molecule has 0 heterocycles. The summed E-state index contributed by atoms with van der Waals surface area (Å²) in [6.07, 6.45) is 3.86. The van der Waals surface area contributed by atoms with E-state index in [0.717, 1.165) is 68.3 Å². The van der Waals surface area contributed by atoms with Gasteiger partial charge in [-0.05, 0) is 96.9 Å². The summed E-state index contributed by atoms with van der Waals surface area (Å²) in [5.74, 6) is 5.17. The van der Waals surface area contributed by atoms with Crippen molar-refractivity contribution in [2.24, 2.45) is 23.7 Å². The van der Waals surface area contributed by atoms with Crippen molar-refractivity contribution in [1.82, 2.24) is 0 Å². The Labute approximate surface area is 364 Å². The van der Waals surface area contributed by atoms with Gasteiger partial charge in [0.05, 0.1) is 26.4 Å². The predicted molar refractivity (Wildman–Crippen MR) is 241 cm³/mol. The van der Waals surface area contributed by atoms with E-state index >= 15 is 0 Å². The van der Waals surface area contributed by atoms with Crippen LogP contribution in [0.15, 0.2) is 44.9 Å². The second-order valence-electron chi connectivity index (χ2n) is 15.0. The van der Waals surface area contributed by atoms with Crippen molar-refractivity contribution in [3.63, 3.8) is 0 Å². The molecule has 0 fully saturated rings. The summed E-state index contributed by atoms with van der Waals surface area (Å²) < 4.78 is 26.3. The number of ether oxygens (including phenoxy) is 4. The van der Waals surface area contributed by atoms with Crippen LogP contribution in [0.25, 0.3) is 9.81 Å². The van der Waals surface area contributed by atoms with E-state index in [1.807, 2.05) is 36.4 Å². The molecule has 0 unspecified atom stereocenters. The number of rotatable bonds is 22. The molecular formula is C42H64NiO4S6-4. The Bertz CT molecular complexity index is 1270. The van der Waals surface area contributed by atoms with Gasteiger partial charge in [-0.25, -0.2) is 0 Å². The zero-order valence-electron chi connectivity index (χ0n) is 34.0. The molecule has 0 aliphatic carbocycles. The Hall–Kier alpha value is -0.806. The van der Waals surface area contributed by atoms with E-state index in [2.05, 4.69) is 83.1 Å². The third-order valence-electron chi connectivity index (χ3n) is 7.28. The summed E-state index contributed by atoms with van der Waals surface area (Å²) in [6, 6.07) is 11.7. The Morgan fingerprint density at radius 2 is 0.755 bits per heavy atom. The van der Waals surface area contributed by atoms with E-state index in [1.165, 1.54) is 0 Å². The van der Waals surface area contributed by atoms with Crippen molar-refractivity contribution < 1.29 is 35.4 Å². The molecule has 0 aliphatic heterocycles. The fourth-order valence-corrected chi connectivity index (χ4v) is 7.53. The fraction of sp³-hybridized carbons (Fsp3) is 0.619. The van der Waals surface area contributed by atoms with Crippen LogP contribution in [0, 0.1) is 23.7 Å². The van der Waals surface area contributed by atoms with Gasteiger partial charge in [0.1, 0.15) is 23.0 Å². The largest absolute Gasteiger partial charge is 0.780 e. The Morgan fingerprint density at radius 1 is 0.472 bits per heavy atom.